The molecule has 0 saturated heterocycles. The van der Waals surface area contributed by atoms with Crippen molar-refractivity contribution < 1.29 is 14.4 Å². The molecule has 2 aromatic carbocycles. The molecule has 1 N–H and O–H groups in total. The van der Waals surface area contributed by atoms with E-state index >= 15 is 0 Å². The summed E-state index contributed by atoms with van der Waals surface area (Å²) >= 11 is 12.3. The van der Waals surface area contributed by atoms with Crippen LogP contribution in [0.2, 0.25) is 5.02 Å². The maximum Gasteiger partial charge on any atom is 0.269 e. The van der Waals surface area contributed by atoms with Crippen LogP contribution in [0.25, 0.3) is 22.5 Å². The highest BCUT2D eigenvalue weighted by atomic mass is 35.5. The van der Waals surface area contributed by atoms with Gasteiger partial charge in [-0.1, -0.05) is 52.6 Å². The van der Waals surface area contributed by atoms with Gasteiger partial charge in [0.05, 0.1) is 12.1 Å². The molecule has 0 bridgehead atoms. The van der Waals surface area contributed by atoms with Gasteiger partial charge < -0.3 is 14.4 Å². The highest BCUT2D eigenvalue weighted by molar-refractivity contribution is 6.50. The summed E-state index contributed by atoms with van der Waals surface area (Å²) in [5.41, 5.74) is 2.53. The molecule has 0 saturated carbocycles. The standard InChI is InChI=1S/C18H14Cl2N2O3/c1-10-5-3-4-6-12(10)17-21-18(25-22-17)14(20)8-11-7-13(19)16(23)15(9-11)24-2/h3-9,23H,1-2H3/b14-8-. The Hall–Kier alpha value is -2.50. The minimum atomic E-state index is -0.128. The van der Waals surface area contributed by atoms with Crippen LogP contribution in [0.1, 0.15) is 17.0 Å². The van der Waals surface area contributed by atoms with Gasteiger partial charge in [0.2, 0.25) is 5.82 Å². The number of methoxy groups -OCH3 is 1. The van der Waals surface area contributed by atoms with Gasteiger partial charge in [-0.05, 0) is 36.3 Å². The maximum atomic E-state index is 9.78. The molecule has 0 aliphatic rings. The largest absolute Gasteiger partial charge is 0.503 e. The first kappa shape index (κ1) is 17.3. The van der Waals surface area contributed by atoms with Crippen LogP contribution in [0.5, 0.6) is 11.5 Å². The minimum Gasteiger partial charge on any atom is -0.503 e. The van der Waals surface area contributed by atoms with Crippen LogP contribution in [0.15, 0.2) is 40.9 Å². The second-order valence-corrected chi connectivity index (χ2v) is 6.10. The number of hydrogen-bond donors (Lipinski definition) is 1. The van der Waals surface area contributed by atoms with Gasteiger partial charge in [0.25, 0.3) is 5.89 Å². The fraction of sp³-hybridized carbons (Fsp3) is 0.111. The van der Waals surface area contributed by atoms with Crippen LogP contribution in [0.3, 0.4) is 0 Å². The van der Waals surface area contributed by atoms with E-state index in [1.165, 1.54) is 7.11 Å². The predicted octanol–water partition coefficient (Wildman–Crippen LogP) is 5.15. The zero-order valence-electron chi connectivity index (χ0n) is 13.5. The van der Waals surface area contributed by atoms with Crippen LogP contribution < -0.4 is 4.74 Å². The van der Waals surface area contributed by atoms with E-state index in [2.05, 4.69) is 10.1 Å². The molecule has 1 aromatic heterocycles. The molecule has 0 aliphatic heterocycles. The molecule has 0 aliphatic carbocycles. The van der Waals surface area contributed by atoms with Crippen molar-refractivity contribution in [3.63, 3.8) is 0 Å². The highest BCUT2D eigenvalue weighted by Crippen LogP contribution is 2.36. The number of aromatic nitrogens is 2. The van der Waals surface area contributed by atoms with Crippen molar-refractivity contribution in [3.05, 3.63) is 58.4 Å². The first-order valence-corrected chi connectivity index (χ1v) is 8.09. The number of halogens is 2. The van der Waals surface area contributed by atoms with Gasteiger partial charge in [0, 0.05) is 5.56 Å². The molecule has 1 heterocycles. The number of rotatable bonds is 4. The SMILES string of the molecule is COc1cc(/C=C(\Cl)c2nc(-c3ccccc3C)no2)cc(Cl)c1O. The lowest BCUT2D eigenvalue weighted by Crippen LogP contribution is -1.87. The molecule has 0 atom stereocenters. The van der Waals surface area contributed by atoms with E-state index in [4.69, 9.17) is 32.5 Å². The molecular formula is C18H14Cl2N2O3. The minimum absolute atomic E-state index is 0.128. The molecule has 0 unspecified atom stereocenters. The predicted molar refractivity (Wildman–Crippen MR) is 97.9 cm³/mol. The number of phenols is 1. The van der Waals surface area contributed by atoms with Crippen LogP contribution >= 0.6 is 23.2 Å². The number of aromatic hydroxyl groups is 1. The Labute approximate surface area is 154 Å². The van der Waals surface area contributed by atoms with E-state index in [1.54, 1.807) is 18.2 Å². The second kappa shape index (κ2) is 7.17. The van der Waals surface area contributed by atoms with E-state index in [-0.39, 0.29) is 27.4 Å². The van der Waals surface area contributed by atoms with E-state index in [0.29, 0.717) is 11.4 Å². The van der Waals surface area contributed by atoms with Gasteiger partial charge >= 0.3 is 0 Å². The monoisotopic (exact) mass is 376 g/mol. The van der Waals surface area contributed by atoms with Crippen LogP contribution in [0, 0.1) is 6.92 Å². The number of hydrogen-bond acceptors (Lipinski definition) is 5. The van der Waals surface area contributed by atoms with Crippen LogP contribution in [-0.4, -0.2) is 22.4 Å². The Morgan fingerprint density at radius 3 is 2.76 bits per heavy atom. The molecule has 0 radical (unpaired) electrons. The van der Waals surface area contributed by atoms with Crippen LogP contribution in [-0.2, 0) is 0 Å². The maximum absolute atomic E-state index is 9.78. The van der Waals surface area contributed by atoms with E-state index in [0.717, 1.165) is 11.1 Å². The van der Waals surface area contributed by atoms with Gasteiger partial charge in [-0.2, -0.15) is 4.98 Å². The quantitative estimate of drug-likeness (QED) is 0.681. The van der Waals surface area contributed by atoms with E-state index < -0.39 is 0 Å². The molecule has 128 valence electrons. The molecule has 0 amide bonds. The lowest BCUT2D eigenvalue weighted by Gasteiger charge is -2.06. The van der Waals surface area contributed by atoms with E-state index in [9.17, 15) is 5.11 Å². The molecule has 0 spiro atoms. The first-order valence-electron chi connectivity index (χ1n) is 7.33. The number of nitrogens with zero attached hydrogens (tertiary/aromatic N) is 2. The van der Waals surface area contributed by atoms with Crippen molar-refractivity contribution in [1.29, 1.82) is 0 Å². The fourth-order valence-electron chi connectivity index (χ4n) is 2.29. The second-order valence-electron chi connectivity index (χ2n) is 5.28. The number of benzene rings is 2. The molecular weight excluding hydrogens is 363 g/mol. The lowest BCUT2D eigenvalue weighted by molar-refractivity contribution is 0.373. The summed E-state index contributed by atoms with van der Waals surface area (Å²) in [7, 11) is 1.44. The lowest BCUT2D eigenvalue weighted by atomic mass is 10.1. The van der Waals surface area contributed by atoms with Gasteiger partial charge in [-0.3, -0.25) is 0 Å². The Morgan fingerprint density at radius 1 is 1.28 bits per heavy atom. The summed E-state index contributed by atoms with van der Waals surface area (Å²) in [6.07, 6.45) is 1.60. The van der Waals surface area contributed by atoms with Crippen molar-refractivity contribution in [2.45, 2.75) is 6.92 Å². The van der Waals surface area contributed by atoms with Crippen molar-refractivity contribution in [1.82, 2.24) is 10.1 Å². The Bertz CT molecular complexity index is 951. The molecule has 7 heteroatoms. The normalized spacial score (nSPS) is 11.6. The fourth-order valence-corrected chi connectivity index (χ4v) is 2.72. The third kappa shape index (κ3) is 3.62. The number of phenolic OH excluding ortho intramolecular Hbond substituents is 1. The average Bonchev–Trinajstić information content (AvgIpc) is 3.08. The summed E-state index contributed by atoms with van der Waals surface area (Å²) in [4.78, 5) is 4.33. The third-order valence-corrected chi connectivity index (χ3v) is 4.14. The first-order chi connectivity index (χ1) is 12.0. The molecule has 3 rings (SSSR count). The Balaban J connectivity index is 1.94. The third-order valence-electron chi connectivity index (χ3n) is 3.58. The smallest absolute Gasteiger partial charge is 0.269 e. The zero-order valence-corrected chi connectivity index (χ0v) is 15.0. The summed E-state index contributed by atoms with van der Waals surface area (Å²) < 4.78 is 10.3. The summed E-state index contributed by atoms with van der Waals surface area (Å²) in [5, 5.41) is 14.2. The molecule has 5 nitrogen and oxygen atoms in total. The average molecular weight is 377 g/mol. The summed E-state index contributed by atoms with van der Waals surface area (Å²) in [6.45, 7) is 1.97. The zero-order chi connectivity index (χ0) is 18.0. The Kier molecular flexibility index (Phi) is 4.97. The van der Waals surface area contributed by atoms with Gasteiger partial charge in [0.1, 0.15) is 5.03 Å². The highest BCUT2D eigenvalue weighted by Gasteiger charge is 2.14. The summed E-state index contributed by atoms with van der Waals surface area (Å²) in [6, 6.07) is 10.9. The van der Waals surface area contributed by atoms with Crippen LogP contribution in [0.4, 0.5) is 0 Å². The molecule has 0 fully saturated rings. The van der Waals surface area contributed by atoms with Gasteiger partial charge in [-0.25, -0.2) is 0 Å². The van der Waals surface area contributed by atoms with Crippen molar-refractivity contribution in [3.8, 4) is 22.9 Å². The summed E-state index contributed by atoms with van der Waals surface area (Å²) in [5.74, 6) is 0.760. The molecule has 3 aromatic rings. The van der Waals surface area contributed by atoms with Crippen molar-refractivity contribution in [2.24, 2.45) is 0 Å². The van der Waals surface area contributed by atoms with Crippen molar-refractivity contribution >= 4 is 34.3 Å². The Morgan fingerprint density at radius 2 is 2.04 bits per heavy atom. The topological polar surface area (TPSA) is 68.4 Å². The van der Waals surface area contributed by atoms with Gasteiger partial charge in [0.15, 0.2) is 11.5 Å². The van der Waals surface area contributed by atoms with Crippen molar-refractivity contribution in [2.75, 3.05) is 7.11 Å². The van der Waals surface area contributed by atoms with Gasteiger partial charge in [-0.15, -0.1) is 0 Å². The number of ether oxygens (including phenoxy) is 1. The molecule has 25 heavy (non-hydrogen) atoms. The van der Waals surface area contributed by atoms with E-state index in [1.807, 2.05) is 31.2 Å². The number of aryl methyl sites for hydroxylation is 1.